The molecule has 3 aromatic rings. The fourth-order valence-corrected chi connectivity index (χ4v) is 3.16. The molecular weight excluding hydrogens is 397 g/mol. The van der Waals surface area contributed by atoms with E-state index in [1.807, 2.05) is 30.3 Å². The second-order valence-electron chi connectivity index (χ2n) is 6.97. The number of aliphatic carboxylic acids is 1. The van der Waals surface area contributed by atoms with Gasteiger partial charge < -0.3 is 5.11 Å². The number of aromatic nitrogens is 2. The SMILES string of the molecule is CC(C(C(=O)O)c1ccc(Cn2nc(-c3ccccc3)ccc2=O)cc1)C(F)(F)F. The topological polar surface area (TPSA) is 72.2 Å². The first-order valence-electron chi connectivity index (χ1n) is 9.19. The van der Waals surface area contributed by atoms with Crippen LogP contribution in [0.25, 0.3) is 11.3 Å². The van der Waals surface area contributed by atoms with Gasteiger partial charge in [-0.3, -0.25) is 9.59 Å². The van der Waals surface area contributed by atoms with Gasteiger partial charge in [-0.05, 0) is 17.2 Å². The molecule has 2 unspecified atom stereocenters. The summed E-state index contributed by atoms with van der Waals surface area (Å²) >= 11 is 0. The molecule has 8 heteroatoms. The fourth-order valence-electron chi connectivity index (χ4n) is 3.16. The van der Waals surface area contributed by atoms with E-state index in [-0.39, 0.29) is 17.7 Å². The van der Waals surface area contributed by atoms with Gasteiger partial charge in [0.05, 0.1) is 24.1 Å². The number of nitrogens with zero attached hydrogens (tertiary/aromatic N) is 2. The Morgan fingerprint density at radius 3 is 2.23 bits per heavy atom. The normalized spacial score (nSPS) is 13.6. The van der Waals surface area contributed by atoms with Crippen molar-refractivity contribution < 1.29 is 23.1 Å². The number of alkyl halides is 3. The molecule has 0 bridgehead atoms. The lowest BCUT2D eigenvalue weighted by Crippen LogP contribution is -2.31. The van der Waals surface area contributed by atoms with Crippen LogP contribution in [-0.4, -0.2) is 27.0 Å². The molecule has 0 saturated heterocycles. The molecule has 156 valence electrons. The number of hydrogen-bond acceptors (Lipinski definition) is 3. The highest BCUT2D eigenvalue weighted by atomic mass is 19.4. The maximum atomic E-state index is 13.0. The van der Waals surface area contributed by atoms with Gasteiger partial charge in [0.1, 0.15) is 0 Å². The van der Waals surface area contributed by atoms with Crippen molar-refractivity contribution >= 4 is 5.97 Å². The van der Waals surface area contributed by atoms with Gasteiger partial charge in [0, 0.05) is 11.6 Å². The number of carboxylic acids is 1. The van der Waals surface area contributed by atoms with E-state index in [0.29, 0.717) is 11.3 Å². The molecule has 5 nitrogen and oxygen atoms in total. The second kappa shape index (κ2) is 8.52. The Bertz CT molecular complexity index is 1080. The molecule has 1 heterocycles. The molecule has 0 fully saturated rings. The van der Waals surface area contributed by atoms with Crippen LogP contribution < -0.4 is 5.56 Å². The first kappa shape index (κ1) is 21.3. The van der Waals surface area contributed by atoms with Crippen LogP contribution in [0.15, 0.2) is 71.5 Å². The summed E-state index contributed by atoms with van der Waals surface area (Å²) in [5, 5.41) is 13.6. The lowest BCUT2D eigenvalue weighted by Gasteiger charge is -2.23. The van der Waals surface area contributed by atoms with Crippen LogP contribution in [0.4, 0.5) is 13.2 Å². The Morgan fingerprint density at radius 1 is 1.03 bits per heavy atom. The van der Waals surface area contributed by atoms with Gasteiger partial charge in [-0.25, -0.2) is 4.68 Å². The van der Waals surface area contributed by atoms with Gasteiger partial charge >= 0.3 is 12.1 Å². The van der Waals surface area contributed by atoms with Crippen molar-refractivity contribution in [1.29, 1.82) is 0 Å². The van der Waals surface area contributed by atoms with Crippen LogP contribution in [0.5, 0.6) is 0 Å². The van der Waals surface area contributed by atoms with Gasteiger partial charge in [0.15, 0.2) is 0 Å². The average Bonchev–Trinajstić information content (AvgIpc) is 2.71. The molecule has 0 amide bonds. The number of carboxylic acid groups (broad SMARTS) is 1. The zero-order chi connectivity index (χ0) is 21.9. The highest BCUT2D eigenvalue weighted by Crippen LogP contribution is 2.37. The molecule has 0 saturated carbocycles. The van der Waals surface area contributed by atoms with Crippen LogP contribution in [-0.2, 0) is 11.3 Å². The van der Waals surface area contributed by atoms with E-state index < -0.39 is 24.0 Å². The van der Waals surface area contributed by atoms with Crippen molar-refractivity contribution in [3.05, 3.63) is 88.2 Å². The van der Waals surface area contributed by atoms with Crippen molar-refractivity contribution in [2.45, 2.75) is 25.6 Å². The molecular formula is C22H19F3N2O3. The molecule has 30 heavy (non-hydrogen) atoms. The smallest absolute Gasteiger partial charge is 0.392 e. The third-order valence-corrected chi connectivity index (χ3v) is 4.89. The summed E-state index contributed by atoms with van der Waals surface area (Å²) in [7, 11) is 0. The van der Waals surface area contributed by atoms with E-state index in [1.165, 1.54) is 35.0 Å². The van der Waals surface area contributed by atoms with Crippen LogP contribution in [0.3, 0.4) is 0 Å². The van der Waals surface area contributed by atoms with Crippen LogP contribution in [0, 0.1) is 5.92 Å². The predicted molar refractivity (Wildman–Crippen MR) is 105 cm³/mol. The van der Waals surface area contributed by atoms with Gasteiger partial charge in [-0.2, -0.15) is 18.3 Å². The summed E-state index contributed by atoms with van der Waals surface area (Å²) in [6.45, 7) is 0.956. The van der Waals surface area contributed by atoms with Crippen molar-refractivity contribution in [3.8, 4) is 11.3 Å². The van der Waals surface area contributed by atoms with Crippen molar-refractivity contribution in [3.63, 3.8) is 0 Å². The van der Waals surface area contributed by atoms with Crippen LogP contribution in [0.1, 0.15) is 24.0 Å². The lowest BCUT2D eigenvalue weighted by atomic mass is 9.86. The largest absolute Gasteiger partial charge is 0.481 e. The zero-order valence-corrected chi connectivity index (χ0v) is 16.0. The first-order chi connectivity index (χ1) is 14.2. The standard InChI is InChI=1S/C22H19F3N2O3/c1-14(22(23,24)25)20(21(29)30)17-9-7-15(8-10-17)13-27-19(28)12-11-18(26-27)16-5-3-2-4-6-16/h2-12,14,20H,13H2,1H3,(H,29,30). The minimum atomic E-state index is -4.63. The number of halogens is 3. The molecule has 0 aliphatic rings. The third-order valence-electron chi connectivity index (χ3n) is 4.89. The summed E-state index contributed by atoms with van der Waals surface area (Å²) in [5.74, 6) is -5.28. The van der Waals surface area contributed by atoms with E-state index in [4.69, 9.17) is 0 Å². The second-order valence-corrected chi connectivity index (χ2v) is 6.97. The van der Waals surface area contributed by atoms with Crippen molar-refractivity contribution in [1.82, 2.24) is 9.78 Å². The molecule has 0 aliphatic heterocycles. The van der Waals surface area contributed by atoms with Crippen LogP contribution in [0.2, 0.25) is 0 Å². The maximum absolute atomic E-state index is 13.0. The molecule has 1 N–H and O–H groups in total. The van der Waals surface area contributed by atoms with E-state index in [1.54, 1.807) is 6.07 Å². The highest BCUT2D eigenvalue weighted by molar-refractivity contribution is 5.76. The molecule has 2 atom stereocenters. The third kappa shape index (κ3) is 4.76. The molecule has 0 radical (unpaired) electrons. The Hall–Kier alpha value is -3.42. The van der Waals surface area contributed by atoms with Crippen molar-refractivity contribution in [2.75, 3.05) is 0 Å². The Kier molecular flexibility index (Phi) is 6.05. The summed E-state index contributed by atoms with van der Waals surface area (Å²) in [6, 6.07) is 18.0. The Labute approximate surface area is 170 Å². The van der Waals surface area contributed by atoms with Gasteiger partial charge in [0.2, 0.25) is 0 Å². The van der Waals surface area contributed by atoms with Gasteiger partial charge in [-0.1, -0.05) is 61.5 Å². The molecule has 2 aromatic carbocycles. The predicted octanol–water partition coefficient (Wildman–Crippen LogP) is 4.33. The van der Waals surface area contributed by atoms with Gasteiger partial charge in [-0.15, -0.1) is 0 Å². The van der Waals surface area contributed by atoms with E-state index >= 15 is 0 Å². The van der Waals surface area contributed by atoms with Crippen molar-refractivity contribution in [2.24, 2.45) is 5.92 Å². The summed E-state index contributed by atoms with van der Waals surface area (Å²) in [5.41, 5.74) is 1.79. The minimum Gasteiger partial charge on any atom is -0.481 e. The molecule has 0 spiro atoms. The highest BCUT2D eigenvalue weighted by Gasteiger charge is 2.44. The first-order valence-corrected chi connectivity index (χ1v) is 9.19. The molecule has 0 aliphatic carbocycles. The molecule has 1 aromatic heterocycles. The van der Waals surface area contributed by atoms with E-state index in [9.17, 15) is 27.9 Å². The molecule has 3 rings (SSSR count). The Balaban J connectivity index is 1.86. The zero-order valence-electron chi connectivity index (χ0n) is 16.0. The number of benzene rings is 2. The lowest BCUT2D eigenvalue weighted by molar-refractivity contribution is -0.183. The monoisotopic (exact) mass is 416 g/mol. The summed E-state index contributed by atoms with van der Waals surface area (Å²) in [6.07, 6.45) is -4.63. The quantitative estimate of drug-likeness (QED) is 0.650. The van der Waals surface area contributed by atoms with E-state index in [0.717, 1.165) is 12.5 Å². The van der Waals surface area contributed by atoms with E-state index in [2.05, 4.69) is 5.10 Å². The minimum absolute atomic E-state index is 0.0504. The fraction of sp³-hybridized carbons (Fsp3) is 0.227. The number of hydrogen-bond donors (Lipinski definition) is 1. The number of rotatable bonds is 6. The summed E-state index contributed by atoms with van der Waals surface area (Å²) in [4.78, 5) is 23.6. The van der Waals surface area contributed by atoms with Crippen LogP contribution >= 0.6 is 0 Å². The number of carbonyl (C=O) groups is 1. The Morgan fingerprint density at radius 2 is 1.67 bits per heavy atom. The average molecular weight is 416 g/mol. The summed E-state index contributed by atoms with van der Waals surface area (Å²) < 4.78 is 40.3. The van der Waals surface area contributed by atoms with Gasteiger partial charge in [0.25, 0.3) is 5.56 Å². The maximum Gasteiger partial charge on any atom is 0.392 e.